The van der Waals surface area contributed by atoms with Gasteiger partial charge in [-0.25, -0.2) is 9.59 Å². The van der Waals surface area contributed by atoms with Gasteiger partial charge in [-0.2, -0.15) is 0 Å². The first-order chi connectivity index (χ1) is 13.6. The topological polar surface area (TPSA) is 85.9 Å². The lowest BCUT2D eigenvalue weighted by Gasteiger charge is -2.30. The molecule has 0 saturated heterocycles. The molecule has 7 nitrogen and oxygen atoms in total. The summed E-state index contributed by atoms with van der Waals surface area (Å²) < 4.78 is 16.1. The summed E-state index contributed by atoms with van der Waals surface area (Å²) in [6.45, 7) is 1.94. The molecule has 146 valence electrons. The van der Waals surface area contributed by atoms with E-state index in [1.807, 2.05) is 30.3 Å². The second-order valence-corrected chi connectivity index (χ2v) is 6.01. The van der Waals surface area contributed by atoms with E-state index in [2.05, 4.69) is 10.6 Å². The minimum Gasteiger partial charge on any atom is -0.497 e. The van der Waals surface area contributed by atoms with Gasteiger partial charge in [-0.3, -0.25) is 0 Å². The average Bonchev–Trinajstić information content (AvgIpc) is 2.73. The molecule has 1 aliphatic rings. The number of carbonyl (C=O) groups excluding carboxylic acids is 2. The van der Waals surface area contributed by atoms with Crippen molar-refractivity contribution in [2.45, 2.75) is 13.0 Å². The largest absolute Gasteiger partial charge is 0.497 e. The van der Waals surface area contributed by atoms with Gasteiger partial charge in [0.05, 0.1) is 38.1 Å². The van der Waals surface area contributed by atoms with E-state index in [1.165, 1.54) is 7.11 Å². The maximum Gasteiger partial charge on any atom is 0.338 e. The molecule has 1 heterocycles. The molecule has 0 aliphatic carbocycles. The minimum absolute atomic E-state index is 0.209. The fourth-order valence-corrected chi connectivity index (χ4v) is 3.12. The van der Waals surface area contributed by atoms with E-state index < -0.39 is 18.0 Å². The van der Waals surface area contributed by atoms with E-state index in [4.69, 9.17) is 14.2 Å². The van der Waals surface area contributed by atoms with Gasteiger partial charge in [-0.15, -0.1) is 0 Å². The van der Waals surface area contributed by atoms with Crippen LogP contribution in [0, 0.1) is 0 Å². The van der Waals surface area contributed by atoms with Gasteiger partial charge >= 0.3 is 12.0 Å². The van der Waals surface area contributed by atoms with Gasteiger partial charge in [0, 0.05) is 5.56 Å². The number of nitrogens with one attached hydrogen (secondary N) is 2. The smallest absolute Gasteiger partial charge is 0.338 e. The number of amides is 2. The number of benzene rings is 2. The van der Waals surface area contributed by atoms with E-state index in [0.29, 0.717) is 33.9 Å². The summed E-state index contributed by atoms with van der Waals surface area (Å²) in [6, 6.07) is 13.2. The number of rotatable bonds is 6. The molecule has 0 unspecified atom stereocenters. The van der Waals surface area contributed by atoms with Gasteiger partial charge in [0.1, 0.15) is 11.5 Å². The van der Waals surface area contributed by atoms with Crippen LogP contribution >= 0.6 is 0 Å². The predicted molar refractivity (Wildman–Crippen MR) is 104 cm³/mol. The van der Waals surface area contributed by atoms with Gasteiger partial charge in [-0.05, 0) is 30.7 Å². The Morgan fingerprint density at radius 2 is 1.82 bits per heavy atom. The SMILES string of the molecule is CCOC(=O)C1=C(c2ccccc2)NC(=O)N[C@H]1c1cc(OC)ccc1OC. The maximum absolute atomic E-state index is 12.9. The van der Waals surface area contributed by atoms with Gasteiger partial charge in [0.15, 0.2) is 0 Å². The van der Waals surface area contributed by atoms with Crippen molar-refractivity contribution in [3.05, 3.63) is 65.2 Å². The molecule has 7 heteroatoms. The molecule has 1 atom stereocenters. The monoisotopic (exact) mass is 382 g/mol. The molecule has 0 fully saturated rings. The van der Waals surface area contributed by atoms with Gasteiger partial charge < -0.3 is 24.8 Å². The highest BCUT2D eigenvalue weighted by Crippen LogP contribution is 2.37. The molecule has 0 bridgehead atoms. The Morgan fingerprint density at radius 3 is 2.46 bits per heavy atom. The van der Waals surface area contributed by atoms with Crippen LogP contribution < -0.4 is 20.1 Å². The molecule has 0 saturated carbocycles. The Hall–Kier alpha value is -3.48. The van der Waals surface area contributed by atoms with Crippen molar-refractivity contribution in [3.63, 3.8) is 0 Å². The molecule has 28 heavy (non-hydrogen) atoms. The number of hydrogen-bond acceptors (Lipinski definition) is 5. The number of ether oxygens (including phenoxy) is 3. The van der Waals surface area contributed by atoms with E-state index in [0.717, 1.165) is 0 Å². The third-order valence-electron chi connectivity index (χ3n) is 4.38. The van der Waals surface area contributed by atoms with E-state index in [-0.39, 0.29) is 6.61 Å². The molecule has 0 aromatic heterocycles. The molecular formula is C21H22N2O5. The van der Waals surface area contributed by atoms with Crippen LogP contribution in [-0.4, -0.2) is 32.8 Å². The summed E-state index contributed by atoms with van der Waals surface area (Å²) in [5, 5.41) is 5.55. The third-order valence-corrected chi connectivity index (χ3v) is 4.38. The first-order valence-corrected chi connectivity index (χ1v) is 8.85. The molecule has 2 N–H and O–H groups in total. The fraction of sp³-hybridized carbons (Fsp3) is 0.238. The Labute approximate surface area is 163 Å². The van der Waals surface area contributed by atoms with Crippen molar-refractivity contribution in [2.24, 2.45) is 0 Å². The highest BCUT2D eigenvalue weighted by Gasteiger charge is 2.36. The summed E-state index contributed by atoms with van der Waals surface area (Å²) in [7, 11) is 3.07. The summed E-state index contributed by atoms with van der Waals surface area (Å²) in [5.74, 6) is 0.569. The zero-order chi connectivity index (χ0) is 20.1. The number of urea groups is 1. The minimum atomic E-state index is -0.770. The van der Waals surface area contributed by atoms with Crippen LogP contribution in [0.1, 0.15) is 24.1 Å². The van der Waals surface area contributed by atoms with Crippen LogP contribution in [0.15, 0.2) is 54.1 Å². The second-order valence-electron chi connectivity index (χ2n) is 6.01. The van der Waals surface area contributed by atoms with Crippen molar-refractivity contribution >= 4 is 17.7 Å². The summed E-state index contributed by atoms with van der Waals surface area (Å²) in [4.78, 5) is 25.3. The molecule has 0 radical (unpaired) electrons. The van der Waals surface area contributed by atoms with Crippen molar-refractivity contribution < 1.29 is 23.8 Å². The molecular weight excluding hydrogens is 360 g/mol. The zero-order valence-corrected chi connectivity index (χ0v) is 15.9. The summed E-state index contributed by atoms with van der Waals surface area (Å²) >= 11 is 0. The zero-order valence-electron chi connectivity index (χ0n) is 15.9. The average molecular weight is 382 g/mol. The van der Waals surface area contributed by atoms with Gasteiger partial charge in [-0.1, -0.05) is 30.3 Å². The van der Waals surface area contributed by atoms with E-state index in [1.54, 1.807) is 32.2 Å². The normalized spacial score (nSPS) is 16.1. The second kappa shape index (κ2) is 8.47. The Balaban J connectivity index is 2.23. The Kier molecular flexibility index (Phi) is 5.84. The van der Waals surface area contributed by atoms with Gasteiger partial charge in [0.2, 0.25) is 0 Å². The first kappa shape index (κ1) is 19.3. The number of esters is 1. The molecule has 2 amide bonds. The maximum atomic E-state index is 12.9. The quantitative estimate of drug-likeness (QED) is 0.750. The Bertz CT molecular complexity index is 908. The number of hydrogen-bond donors (Lipinski definition) is 2. The summed E-state index contributed by atoms with van der Waals surface area (Å²) in [5.41, 5.74) is 1.98. The lowest BCUT2D eigenvalue weighted by atomic mass is 9.92. The van der Waals surface area contributed by atoms with Crippen LogP contribution in [-0.2, 0) is 9.53 Å². The van der Waals surface area contributed by atoms with Crippen molar-refractivity contribution in [2.75, 3.05) is 20.8 Å². The van der Waals surface area contributed by atoms with Crippen molar-refractivity contribution in [3.8, 4) is 11.5 Å². The molecule has 1 aliphatic heterocycles. The molecule has 3 rings (SSSR count). The molecule has 2 aromatic carbocycles. The standard InChI is InChI=1S/C21H22N2O5/c1-4-28-20(24)17-18(13-8-6-5-7-9-13)22-21(25)23-19(17)15-12-14(26-2)10-11-16(15)27-3/h5-12,19H,4H2,1-3H3,(H2,22,23,25)/t19-/m0/s1. The first-order valence-electron chi connectivity index (χ1n) is 8.85. The molecule has 2 aromatic rings. The Morgan fingerprint density at radius 1 is 1.07 bits per heavy atom. The van der Waals surface area contributed by atoms with E-state index in [9.17, 15) is 9.59 Å². The highest BCUT2D eigenvalue weighted by molar-refractivity contribution is 6.04. The lowest BCUT2D eigenvalue weighted by molar-refractivity contribution is -0.138. The summed E-state index contributed by atoms with van der Waals surface area (Å²) in [6.07, 6.45) is 0. The molecule has 0 spiro atoms. The number of carbonyl (C=O) groups is 2. The van der Waals surface area contributed by atoms with Crippen LogP contribution in [0.4, 0.5) is 4.79 Å². The lowest BCUT2D eigenvalue weighted by Crippen LogP contribution is -2.45. The number of methoxy groups -OCH3 is 2. The highest BCUT2D eigenvalue weighted by atomic mass is 16.5. The fourth-order valence-electron chi connectivity index (χ4n) is 3.12. The van der Waals surface area contributed by atoms with Crippen LogP contribution in [0.5, 0.6) is 11.5 Å². The van der Waals surface area contributed by atoms with Crippen LogP contribution in [0.2, 0.25) is 0 Å². The van der Waals surface area contributed by atoms with Crippen molar-refractivity contribution in [1.29, 1.82) is 0 Å². The van der Waals surface area contributed by atoms with E-state index >= 15 is 0 Å². The van der Waals surface area contributed by atoms with Crippen LogP contribution in [0.25, 0.3) is 5.70 Å². The third kappa shape index (κ3) is 3.78. The van der Waals surface area contributed by atoms with Crippen LogP contribution in [0.3, 0.4) is 0 Å². The van der Waals surface area contributed by atoms with Gasteiger partial charge in [0.25, 0.3) is 0 Å². The predicted octanol–water partition coefficient (Wildman–Crippen LogP) is 3.03. The van der Waals surface area contributed by atoms with Crippen molar-refractivity contribution in [1.82, 2.24) is 10.6 Å².